The largest absolute Gasteiger partial charge is 0.315 e. The van der Waals surface area contributed by atoms with Gasteiger partial charge < -0.3 is 69.1 Å². The molecule has 0 aromatic carbocycles. The first-order valence-corrected chi connectivity index (χ1v) is 48.3. The van der Waals surface area contributed by atoms with Gasteiger partial charge in [-0.3, -0.25) is 0 Å². The predicted molar refractivity (Wildman–Crippen MR) is 561 cm³/mol. The molecule has 0 spiro atoms. The highest BCUT2D eigenvalue weighted by Crippen LogP contribution is 2.31. The van der Waals surface area contributed by atoms with Crippen LogP contribution in [0, 0.1) is 45.3 Å². The molecule has 13 N–H and O–H groups in total. The summed E-state index contributed by atoms with van der Waals surface area (Å²) in [7, 11) is 0. The van der Waals surface area contributed by atoms with Gasteiger partial charge in [-0.05, 0) is 188 Å². The van der Waals surface area contributed by atoms with Crippen molar-refractivity contribution in [2.75, 3.05) is 19.6 Å². The smallest absolute Gasteiger partial charge is 0.0175 e. The molecule has 0 heterocycles. The second-order valence-corrected chi connectivity index (χ2v) is 47.8. The first-order chi connectivity index (χ1) is 51.4. The maximum absolute atomic E-state index is 3.56. The Morgan fingerprint density at radius 3 is 0.627 bits per heavy atom. The van der Waals surface area contributed by atoms with Crippen molar-refractivity contribution in [2.24, 2.45) is 45.3 Å². The zero-order chi connectivity index (χ0) is 97.6. The molecule has 0 saturated heterocycles. The standard InChI is InChI=1S/2C10H23N.3C9H21N.3C8H19N.3C7H17N.2C6H15N.CH4/c2*1-8(2)11-10(6,7)9(3,4)5;1-7(2)10-8(3)9(4,5)6;2*1-7(2)9(5,6)10-8(3)4;1-7(2)9-6-8(3,4)5;1-6-8(4,5)9-7(2)3;1-6(2)8(5)9-7(3)4;1-6(2)8-7(3,4)5;1-6(2)5-8-7(3)4;1-5-7(4)8-6(2)3;1-5(2)7-6(3)4;1-4-5-7-6(2)3;/h2*8,11H,1-7H3;3*7-8,10H,1-6H3;2*7,9H,6H2,1-5H3;6-9H,1-5H3;6,8H,1-5H3;2*6-8H,5H2,1-4H3;5-7H,1-4H3;6-7H,4-5H2,1-3H3;1H4. The summed E-state index contributed by atoms with van der Waals surface area (Å²) in [6, 6.07) is 10.4. The van der Waals surface area contributed by atoms with Crippen LogP contribution in [-0.2, 0) is 0 Å². The number of rotatable bonds is 32. The van der Waals surface area contributed by atoms with E-state index in [0.717, 1.165) is 31.5 Å². The Balaban J connectivity index is -0.0000000829. The molecule has 13 heteroatoms. The van der Waals surface area contributed by atoms with Crippen molar-refractivity contribution in [1.82, 2.24) is 69.1 Å². The monoisotopic (exact) mass is 1700 g/mol. The van der Waals surface area contributed by atoms with Crippen molar-refractivity contribution in [2.45, 2.75) is 627 Å². The van der Waals surface area contributed by atoms with Crippen LogP contribution < -0.4 is 69.1 Å². The predicted octanol–water partition coefficient (Wildman–Crippen LogP) is 27.7. The Morgan fingerprint density at radius 1 is 0.271 bits per heavy atom. The lowest BCUT2D eigenvalue weighted by molar-refractivity contribution is 0.164. The van der Waals surface area contributed by atoms with Crippen LogP contribution in [0.2, 0.25) is 0 Å². The molecule has 0 fully saturated rings. The molecular formula is C105H251N13. The van der Waals surface area contributed by atoms with Gasteiger partial charge in [0, 0.05) is 142 Å². The molecule has 0 rings (SSSR count). The minimum atomic E-state index is 0. The Bertz CT molecular complexity index is 1910. The maximum Gasteiger partial charge on any atom is 0.0175 e. The van der Waals surface area contributed by atoms with Crippen molar-refractivity contribution < 1.29 is 0 Å². The second-order valence-electron chi connectivity index (χ2n) is 47.8. The van der Waals surface area contributed by atoms with Gasteiger partial charge in [0.1, 0.15) is 0 Å². The SMILES string of the molecule is C.CC(C)CNC(C)C.CC(C)NC(C)(C)C.CC(C)NC(C)(C)C(C)(C)C.CC(C)NC(C)(C)C(C)(C)C.CC(C)NC(C)(C)C(C)C.CC(C)NC(C)(C)C(C)C.CC(C)NC(C)C.CC(C)NC(C)C(C)(C)C.CC(C)NC(C)C(C)C.CC(C)NCC(C)(C)C.CCC(C)(C)NC(C)C.CCC(C)NC(C)C.CCCNC(C)C. The van der Waals surface area contributed by atoms with Crippen LogP contribution in [0.3, 0.4) is 0 Å². The van der Waals surface area contributed by atoms with Gasteiger partial charge in [-0.2, -0.15) is 0 Å². The Hall–Kier alpha value is -0.520. The van der Waals surface area contributed by atoms with E-state index in [-0.39, 0.29) is 35.1 Å². The van der Waals surface area contributed by atoms with Crippen molar-refractivity contribution >= 4 is 0 Å². The summed E-state index contributed by atoms with van der Waals surface area (Å²) < 4.78 is 0. The summed E-state index contributed by atoms with van der Waals surface area (Å²) in [5.74, 6) is 2.90. The van der Waals surface area contributed by atoms with Gasteiger partial charge in [-0.1, -0.05) is 361 Å². The van der Waals surface area contributed by atoms with Crippen LogP contribution in [-0.4, -0.2) is 156 Å². The van der Waals surface area contributed by atoms with Crippen LogP contribution >= 0.6 is 0 Å². The van der Waals surface area contributed by atoms with E-state index in [1.165, 1.54) is 19.3 Å². The second kappa shape index (κ2) is 77.6. The zero-order valence-corrected chi connectivity index (χ0v) is 94.9. The maximum atomic E-state index is 3.56. The summed E-state index contributed by atoms with van der Waals surface area (Å²) in [4.78, 5) is 0. The highest BCUT2D eigenvalue weighted by molar-refractivity contribution is 4.92. The van der Waals surface area contributed by atoms with Crippen LogP contribution in [0.5, 0.6) is 0 Å². The van der Waals surface area contributed by atoms with E-state index in [1.807, 2.05) is 0 Å². The Morgan fingerprint density at radius 2 is 0.551 bits per heavy atom. The van der Waals surface area contributed by atoms with E-state index in [4.69, 9.17) is 0 Å². The average Bonchev–Trinajstić information content (AvgIpc) is 0.841. The molecule has 0 aliphatic heterocycles. The third-order valence-electron chi connectivity index (χ3n) is 19.7. The Labute approximate surface area is 756 Å². The lowest BCUT2D eigenvalue weighted by Crippen LogP contribution is -2.52. The molecule has 0 aromatic heterocycles. The fourth-order valence-corrected chi connectivity index (χ4v) is 9.68. The molecular weight excluding hydrogens is 1440 g/mol. The van der Waals surface area contributed by atoms with Gasteiger partial charge in [0.15, 0.2) is 0 Å². The van der Waals surface area contributed by atoms with Gasteiger partial charge in [-0.25, -0.2) is 0 Å². The first-order valence-electron chi connectivity index (χ1n) is 48.3. The summed E-state index contributed by atoms with van der Waals surface area (Å²) in [6.45, 7) is 151. The molecule has 0 saturated carbocycles. The lowest BCUT2D eigenvalue weighted by Gasteiger charge is -2.41. The van der Waals surface area contributed by atoms with Crippen molar-refractivity contribution in [3.63, 3.8) is 0 Å². The van der Waals surface area contributed by atoms with E-state index < -0.39 is 0 Å². The number of nitrogens with one attached hydrogen (secondary N) is 13. The van der Waals surface area contributed by atoms with Crippen molar-refractivity contribution in [3.8, 4) is 0 Å². The van der Waals surface area contributed by atoms with Crippen molar-refractivity contribution in [3.05, 3.63) is 0 Å². The van der Waals surface area contributed by atoms with Crippen LogP contribution in [0.1, 0.15) is 491 Å². The van der Waals surface area contributed by atoms with Crippen LogP contribution in [0.25, 0.3) is 0 Å². The summed E-state index contributed by atoms with van der Waals surface area (Å²) in [6.07, 6.45) is 3.64. The van der Waals surface area contributed by atoms with E-state index in [1.54, 1.807) is 0 Å². The van der Waals surface area contributed by atoms with Crippen LogP contribution in [0.4, 0.5) is 0 Å². The molecule has 736 valence electrons. The normalized spacial score (nSPS) is 13.2. The van der Waals surface area contributed by atoms with E-state index in [2.05, 4.69) is 533 Å². The quantitative estimate of drug-likeness (QED) is 0.0309. The third kappa shape index (κ3) is 136. The van der Waals surface area contributed by atoms with Gasteiger partial charge in [0.2, 0.25) is 0 Å². The minimum Gasteiger partial charge on any atom is -0.315 e. The zero-order valence-electron chi connectivity index (χ0n) is 94.9. The van der Waals surface area contributed by atoms with Crippen LogP contribution in [0.15, 0.2) is 0 Å². The van der Waals surface area contributed by atoms with E-state index >= 15 is 0 Å². The van der Waals surface area contributed by atoms with Gasteiger partial charge in [-0.15, -0.1) is 0 Å². The molecule has 3 unspecified atom stereocenters. The molecule has 0 radical (unpaired) electrons. The minimum absolute atomic E-state index is 0. The fraction of sp³-hybridized carbons (Fsp3) is 1.00. The average molecular weight is 1700 g/mol. The topological polar surface area (TPSA) is 156 Å². The third-order valence-corrected chi connectivity index (χ3v) is 19.7. The lowest BCUT2D eigenvalue weighted by atomic mass is 9.76. The van der Waals surface area contributed by atoms with Crippen molar-refractivity contribution in [1.29, 1.82) is 0 Å². The molecule has 0 amide bonds. The molecule has 3 atom stereocenters. The summed E-state index contributed by atoms with van der Waals surface area (Å²) >= 11 is 0. The Kier molecular flexibility index (Phi) is 97.9. The summed E-state index contributed by atoms with van der Waals surface area (Å²) in [5, 5.41) is 44.7. The number of hydrogen-bond acceptors (Lipinski definition) is 13. The molecule has 13 nitrogen and oxygen atoms in total. The first kappa shape index (κ1) is 149. The van der Waals surface area contributed by atoms with Gasteiger partial charge >= 0.3 is 0 Å². The number of hydrogen-bond donors (Lipinski definition) is 13. The fourth-order valence-electron chi connectivity index (χ4n) is 9.68. The molecule has 0 aromatic rings. The van der Waals surface area contributed by atoms with Gasteiger partial charge in [0.25, 0.3) is 0 Å². The highest BCUT2D eigenvalue weighted by atomic mass is 15.0. The van der Waals surface area contributed by atoms with E-state index in [0.29, 0.717) is 142 Å². The highest BCUT2D eigenvalue weighted by Gasteiger charge is 2.34. The molecule has 0 aliphatic rings. The molecule has 0 bridgehead atoms. The van der Waals surface area contributed by atoms with Gasteiger partial charge in [0.05, 0.1) is 0 Å². The molecule has 0 aliphatic carbocycles. The molecule has 118 heavy (non-hydrogen) atoms. The summed E-state index contributed by atoms with van der Waals surface area (Å²) in [5.41, 5.74) is 2.98. The van der Waals surface area contributed by atoms with E-state index in [9.17, 15) is 0 Å².